The van der Waals surface area contributed by atoms with Gasteiger partial charge in [0, 0.05) is 18.5 Å². The number of nitrogens with one attached hydrogen (secondary N) is 2. The van der Waals surface area contributed by atoms with Crippen LogP contribution in [-0.2, 0) is 13.1 Å². The van der Waals surface area contributed by atoms with E-state index in [0.717, 1.165) is 54.1 Å². The van der Waals surface area contributed by atoms with Crippen molar-refractivity contribution in [3.8, 4) is 5.75 Å². The first kappa shape index (κ1) is 26.6. The minimum Gasteiger partial charge on any atom is -0.494 e. The van der Waals surface area contributed by atoms with Crippen molar-refractivity contribution >= 4 is 41.3 Å². The quantitative estimate of drug-likeness (QED) is 0.189. The minimum absolute atomic E-state index is 0. The number of rotatable bonds is 11. The lowest BCUT2D eigenvalue weighted by atomic mass is 10.2. The van der Waals surface area contributed by atoms with E-state index in [-0.39, 0.29) is 24.0 Å². The van der Waals surface area contributed by atoms with Gasteiger partial charge in [-0.1, -0.05) is 26.0 Å². The van der Waals surface area contributed by atoms with Crippen LogP contribution in [0.3, 0.4) is 0 Å². The molecule has 6 nitrogen and oxygen atoms in total. The Kier molecular flexibility index (Phi) is 13.0. The maximum atomic E-state index is 5.79. The number of nitrogens with zero attached hydrogens (tertiary/aromatic N) is 3. The highest BCUT2D eigenvalue weighted by Gasteiger charge is 2.06. The van der Waals surface area contributed by atoms with Crippen molar-refractivity contribution in [2.24, 2.45) is 4.99 Å². The summed E-state index contributed by atoms with van der Waals surface area (Å²) in [5.41, 5.74) is 2.30. The van der Waals surface area contributed by atoms with Crippen molar-refractivity contribution in [3.63, 3.8) is 0 Å². The van der Waals surface area contributed by atoms with E-state index >= 15 is 0 Å². The molecule has 0 bridgehead atoms. The van der Waals surface area contributed by atoms with E-state index in [0.29, 0.717) is 19.0 Å². The first-order valence-electron chi connectivity index (χ1n) is 10.3. The van der Waals surface area contributed by atoms with E-state index in [4.69, 9.17) is 9.73 Å². The summed E-state index contributed by atoms with van der Waals surface area (Å²) in [5, 5.41) is 9.88. The number of ether oxygens (including phenoxy) is 1. The van der Waals surface area contributed by atoms with E-state index < -0.39 is 0 Å². The first-order valence-corrected chi connectivity index (χ1v) is 11.2. The third-order valence-electron chi connectivity index (χ3n) is 4.27. The van der Waals surface area contributed by atoms with E-state index in [2.05, 4.69) is 72.9 Å². The zero-order valence-corrected chi connectivity index (χ0v) is 21.9. The molecule has 0 atom stereocenters. The third kappa shape index (κ3) is 10.1. The van der Waals surface area contributed by atoms with Crippen LogP contribution in [0.5, 0.6) is 5.75 Å². The summed E-state index contributed by atoms with van der Waals surface area (Å²) in [4.78, 5) is 11.5. The topological polar surface area (TPSA) is 61.8 Å². The molecule has 1 heterocycles. The van der Waals surface area contributed by atoms with Gasteiger partial charge in [-0.25, -0.2) is 9.98 Å². The van der Waals surface area contributed by atoms with Gasteiger partial charge in [-0.2, -0.15) is 0 Å². The monoisotopic (exact) mass is 545 g/mol. The van der Waals surface area contributed by atoms with Crippen molar-refractivity contribution in [1.29, 1.82) is 0 Å². The molecule has 2 aromatic rings. The lowest BCUT2D eigenvalue weighted by molar-refractivity contribution is 0.281. The van der Waals surface area contributed by atoms with Crippen LogP contribution in [0.25, 0.3) is 0 Å². The van der Waals surface area contributed by atoms with Crippen molar-refractivity contribution < 1.29 is 4.74 Å². The predicted octanol–water partition coefficient (Wildman–Crippen LogP) is 4.47. The van der Waals surface area contributed by atoms with Crippen molar-refractivity contribution in [2.45, 2.75) is 46.2 Å². The number of halogens is 1. The van der Waals surface area contributed by atoms with Gasteiger partial charge in [0.25, 0.3) is 0 Å². The van der Waals surface area contributed by atoms with Crippen molar-refractivity contribution in [3.05, 3.63) is 45.9 Å². The van der Waals surface area contributed by atoms with Crippen LogP contribution in [0.15, 0.2) is 34.6 Å². The first-order chi connectivity index (χ1) is 14.0. The zero-order chi connectivity index (χ0) is 21.1. The second-order valence-corrected chi connectivity index (χ2v) is 8.46. The van der Waals surface area contributed by atoms with E-state index in [1.165, 1.54) is 0 Å². The fourth-order valence-electron chi connectivity index (χ4n) is 2.60. The summed E-state index contributed by atoms with van der Waals surface area (Å²) in [7, 11) is 4.15. The van der Waals surface area contributed by atoms with Crippen LogP contribution in [0, 0.1) is 0 Å². The Morgan fingerprint density at radius 2 is 1.93 bits per heavy atom. The Morgan fingerprint density at radius 3 is 2.53 bits per heavy atom. The number of hydrogen-bond acceptors (Lipinski definition) is 5. The molecular weight excluding hydrogens is 509 g/mol. The minimum atomic E-state index is 0. The molecule has 0 amide bonds. The van der Waals surface area contributed by atoms with Gasteiger partial charge in [-0.3, -0.25) is 0 Å². The number of guanidine groups is 1. The lowest BCUT2D eigenvalue weighted by Gasteiger charge is -2.11. The van der Waals surface area contributed by atoms with E-state index in [1.807, 2.05) is 12.1 Å². The Hall–Kier alpha value is -1.39. The Balaban J connectivity index is 0.00000450. The molecule has 2 N–H and O–H groups in total. The molecule has 8 heteroatoms. The second kappa shape index (κ2) is 14.6. The third-order valence-corrected chi connectivity index (χ3v) is 5.14. The standard InChI is InChI=1S/C22H35N5OS.HI/c1-6-23-22(25-15-21-26-20(16-29-21)17(2)3)24-14-18-8-10-19(11-9-18)28-13-7-12-27(4)5;/h8-11,16-17H,6-7,12-15H2,1-5H3,(H2,23,24,25);1H. The molecule has 168 valence electrons. The Labute approximate surface area is 202 Å². The van der Waals surface area contributed by atoms with Gasteiger partial charge in [0.05, 0.1) is 25.4 Å². The summed E-state index contributed by atoms with van der Waals surface area (Å²) < 4.78 is 5.79. The fraction of sp³-hybridized carbons (Fsp3) is 0.545. The molecule has 1 aromatic heterocycles. The molecule has 0 aliphatic rings. The van der Waals surface area contributed by atoms with Crippen molar-refractivity contribution in [1.82, 2.24) is 20.5 Å². The molecular formula is C22H36IN5OS. The maximum Gasteiger partial charge on any atom is 0.191 e. The fourth-order valence-corrected chi connectivity index (χ4v) is 3.50. The van der Waals surface area contributed by atoms with Gasteiger partial charge in [0.15, 0.2) is 5.96 Å². The van der Waals surface area contributed by atoms with Gasteiger partial charge in [-0.15, -0.1) is 35.3 Å². The van der Waals surface area contributed by atoms with Gasteiger partial charge in [0.2, 0.25) is 0 Å². The Morgan fingerprint density at radius 1 is 1.20 bits per heavy atom. The van der Waals surface area contributed by atoms with Crippen LogP contribution >= 0.6 is 35.3 Å². The normalized spacial score (nSPS) is 11.5. The number of thiazole rings is 1. The molecule has 0 spiro atoms. The molecule has 0 saturated carbocycles. The van der Waals surface area contributed by atoms with Gasteiger partial charge >= 0.3 is 0 Å². The smallest absolute Gasteiger partial charge is 0.191 e. The summed E-state index contributed by atoms with van der Waals surface area (Å²) in [5.74, 6) is 2.17. The highest BCUT2D eigenvalue weighted by atomic mass is 127. The van der Waals surface area contributed by atoms with Crippen LogP contribution in [0.1, 0.15) is 49.4 Å². The lowest BCUT2D eigenvalue weighted by Crippen LogP contribution is -2.36. The largest absolute Gasteiger partial charge is 0.494 e. The maximum absolute atomic E-state index is 5.79. The van der Waals surface area contributed by atoms with Crippen molar-refractivity contribution in [2.75, 3.05) is 33.8 Å². The molecule has 0 aliphatic carbocycles. The van der Waals surface area contributed by atoms with Gasteiger partial charge in [0.1, 0.15) is 10.8 Å². The molecule has 0 fully saturated rings. The van der Waals surface area contributed by atoms with Gasteiger partial charge < -0.3 is 20.3 Å². The number of aliphatic imine (C=N–C) groups is 1. The highest BCUT2D eigenvalue weighted by molar-refractivity contribution is 14.0. The van der Waals surface area contributed by atoms with E-state index in [9.17, 15) is 0 Å². The number of hydrogen-bond donors (Lipinski definition) is 2. The summed E-state index contributed by atoms with van der Waals surface area (Å²) >= 11 is 1.69. The average molecular weight is 546 g/mol. The zero-order valence-electron chi connectivity index (χ0n) is 18.8. The molecule has 0 saturated heterocycles. The van der Waals surface area contributed by atoms with Crippen LogP contribution in [-0.4, -0.2) is 49.6 Å². The van der Waals surface area contributed by atoms with E-state index in [1.54, 1.807) is 11.3 Å². The molecule has 2 rings (SSSR count). The Bertz CT molecular complexity index is 746. The second-order valence-electron chi connectivity index (χ2n) is 7.52. The molecule has 30 heavy (non-hydrogen) atoms. The van der Waals surface area contributed by atoms with Gasteiger partial charge in [-0.05, 0) is 51.1 Å². The van der Waals surface area contributed by atoms with Crippen LogP contribution < -0.4 is 15.4 Å². The number of benzene rings is 1. The highest BCUT2D eigenvalue weighted by Crippen LogP contribution is 2.17. The summed E-state index contributed by atoms with van der Waals surface area (Å²) in [6, 6.07) is 8.18. The summed E-state index contributed by atoms with van der Waals surface area (Å²) in [6.45, 7) is 10.3. The van der Waals surface area contributed by atoms with Crippen LogP contribution in [0.2, 0.25) is 0 Å². The molecule has 0 unspecified atom stereocenters. The molecule has 1 aromatic carbocycles. The molecule has 0 radical (unpaired) electrons. The number of aromatic nitrogens is 1. The molecule has 0 aliphatic heterocycles. The predicted molar refractivity (Wildman–Crippen MR) is 138 cm³/mol. The summed E-state index contributed by atoms with van der Waals surface area (Å²) in [6.07, 6.45) is 1.02. The van der Waals surface area contributed by atoms with Crippen LogP contribution in [0.4, 0.5) is 0 Å². The SMILES string of the molecule is CCNC(=NCc1ccc(OCCCN(C)C)cc1)NCc1nc(C(C)C)cs1.I. The average Bonchev–Trinajstić information content (AvgIpc) is 3.17.